The molecule has 0 aliphatic carbocycles. The number of hydrogen-bond acceptors (Lipinski definition) is 9. The van der Waals surface area contributed by atoms with Crippen LogP contribution in [0.5, 0.6) is 0 Å². The van der Waals surface area contributed by atoms with Gasteiger partial charge in [0.25, 0.3) is 0 Å². The van der Waals surface area contributed by atoms with Crippen LogP contribution < -0.4 is 0 Å². The molecule has 1 rings (SSSR count). The van der Waals surface area contributed by atoms with Gasteiger partial charge in [0.1, 0.15) is 20.0 Å². The van der Waals surface area contributed by atoms with Crippen LogP contribution in [0.2, 0.25) is 0 Å². The molecule has 0 aromatic carbocycles. The van der Waals surface area contributed by atoms with E-state index in [1.165, 1.54) is 0 Å². The number of nitrogens with zero attached hydrogens (tertiary/aromatic N) is 3. The van der Waals surface area contributed by atoms with Crippen LogP contribution in [0.4, 0.5) is 0 Å². The number of rotatable bonds is 9. The highest BCUT2D eigenvalue weighted by Crippen LogP contribution is 2.09. The monoisotopic (exact) mass is 267 g/mol. The molecular weight excluding hydrogens is 246 g/mol. The third-order valence-electron chi connectivity index (χ3n) is 2.01. The number of ether oxygens (including phenoxy) is 3. The van der Waals surface area contributed by atoms with Crippen molar-refractivity contribution >= 4 is 0 Å². The van der Waals surface area contributed by atoms with E-state index in [0.717, 1.165) is 0 Å². The Balaban J connectivity index is 2.38. The minimum atomic E-state index is 0.163. The Hall–Kier alpha value is -0.360. The van der Waals surface area contributed by atoms with E-state index in [9.17, 15) is 0 Å². The Bertz CT molecular complexity index is 171. The maximum Gasteiger partial charge on any atom is 0.166 e. The molecule has 9 heteroatoms. The van der Waals surface area contributed by atoms with E-state index in [1.54, 1.807) is 36.5 Å². The van der Waals surface area contributed by atoms with Gasteiger partial charge < -0.3 is 14.2 Å². The first kappa shape index (κ1) is 15.7. The molecular formula is C9H21N3O6. The molecule has 108 valence electrons. The zero-order valence-corrected chi connectivity index (χ0v) is 11.0. The lowest BCUT2D eigenvalue weighted by molar-refractivity contribution is -0.392. The predicted molar refractivity (Wildman–Crippen MR) is 59.0 cm³/mol. The van der Waals surface area contributed by atoms with Crippen LogP contribution in [0.25, 0.3) is 0 Å². The summed E-state index contributed by atoms with van der Waals surface area (Å²) in [4.78, 5) is 16.0. The van der Waals surface area contributed by atoms with Crippen LogP contribution in [0, 0.1) is 0 Å². The van der Waals surface area contributed by atoms with Gasteiger partial charge in [0.05, 0.1) is 0 Å². The molecule has 0 unspecified atom stereocenters. The van der Waals surface area contributed by atoms with Crippen LogP contribution in [-0.2, 0) is 28.7 Å². The summed E-state index contributed by atoms with van der Waals surface area (Å²) >= 11 is 0. The number of hydrogen-bond donors (Lipinski definition) is 0. The van der Waals surface area contributed by atoms with E-state index < -0.39 is 0 Å². The summed E-state index contributed by atoms with van der Waals surface area (Å²) in [5.74, 6) is 0. The van der Waals surface area contributed by atoms with Gasteiger partial charge in [-0.25, -0.2) is 0 Å². The average Bonchev–Trinajstić information content (AvgIpc) is 2.40. The molecule has 0 aromatic rings. The van der Waals surface area contributed by atoms with E-state index >= 15 is 0 Å². The van der Waals surface area contributed by atoms with Crippen LogP contribution in [-0.4, -0.2) is 76.9 Å². The SMILES string of the molecule is COCON1CN(OCOC)CN(OCOC)C1. The molecule has 9 nitrogen and oxygen atoms in total. The Morgan fingerprint density at radius 1 is 0.611 bits per heavy atom. The lowest BCUT2D eigenvalue weighted by Gasteiger charge is -2.38. The van der Waals surface area contributed by atoms with Gasteiger partial charge in [0.2, 0.25) is 0 Å². The second-order valence-corrected chi connectivity index (χ2v) is 3.48. The normalized spacial score (nSPS) is 19.5. The Morgan fingerprint density at radius 2 is 0.889 bits per heavy atom. The predicted octanol–water partition coefficient (Wildman–Crippen LogP) is -0.615. The van der Waals surface area contributed by atoms with Crippen molar-refractivity contribution in [2.24, 2.45) is 0 Å². The number of methoxy groups -OCH3 is 3. The third-order valence-corrected chi connectivity index (χ3v) is 2.01. The van der Waals surface area contributed by atoms with Gasteiger partial charge in [-0.1, -0.05) is 0 Å². The van der Waals surface area contributed by atoms with E-state index in [0.29, 0.717) is 20.0 Å². The molecule has 1 heterocycles. The highest BCUT2D eigenvalue weighted by atomic mass is 16.8. The van der Waals surface area contributed by atoms with Crippen LogP contribution in [0.15, 0.2) is 0 Å². The molecule has 1 aliphatic heterocycles. The second kappa shape index (κ2) is 9.55. The molecule has 0 spiro atoms. The zero-order valence-electron chi connectivity index (χ0n) is 11.0. The van der Waals surface area contributed by atoms with Crippen LogP contribution in [0.1, 0.15) is 0 Å². The summed E-state index contributed by atoms with van der Waals surface area (Å²) in [6.45, 7) is 1.86. The van der Waals surface area contributed by atoms with Gasteiger partial charge in [0.15, 0.2) is 20.4 Å². The van der Waals surface area contributed by atoms with Crippen molar-refractivity contribution in [1.29, 1.82) is 0 Å². The number of hydroxylamine groups is 6. The maximum absolute atomic E-state index is 5.34. The van der Waals surface area contributed by atoms with Crippen molar-refractivity contribution in [2.45, 2.75) is 0 Å². The quantitative estimate of drug-likeness (QED) is 0.509. The molecule has 18 heavy (non-hydrogen) atoms. The van der Waals surface area contributed by atoms with E-state index in [1.807, 2.05) is 0 Å². The van der Waals surface area contributed by atoms with Crippen LogP contribution in [0.3, 0.4) is 0 Å². The molecule has 0 amide bonds. The van der Waals surface area contributed by atoms with Crippen molar-refractivity contribution in [3.8, 4) is 0 Å². The molecule has 1 aliphatic rings. The molecule has 0 bridgehead atoms. The Morgan fingerprint density at radius 3 is 1.11 bits per heavy atom. The summed E-state index contributed by atoms with van der Waals surface area (Å²) in [6.07, 6.45) is 0. The molecule has 1 fully saturated rings. The molecule has 0 N–H and O–H groups in total. The lowest BCUT2D eigenvalue weighted by atomic mass is 10.7. The minimum absolute atomic E-state index is 0.163. The van der Waals surface area contributed by atoms with E-state index in [-0.39, 0.29) is 20.4 Å². The van der Waals surface area contributed by atoms with Crippen molar-refractivity contribution in [3.63, 3.8) is 0 Å². The minimum Gasteiger partial charge on any atom is -0.357 e. The van der Waals surface area contributed by atoms with Crippen molar-refractivity contribution < 1.29 is 28.7 Å². The summed E-state index contributed by atoms with van der Waals surface area (Å²) in [5, 5.41) is 4.91. The van der Waals surface area contributed by atoms with Gasteiger partial charge in [0, 0.05) is 21.3 Å². The summed E-state index contributed by atoms with van der Waals surface area (Å²) in [6, 6.07) is 0. The molecule has 0 atom stereocenters. The van der Waals surface area contributed by atoms with E-state index in [2.05, 4.69) is 0 Å². The Kier molecular flexibility index (Phi) is 8.33. The fourth-order valence-corrected chi connectivity index (χ4v) is 1.29. The molecule has 0 aromatic heterocycles. The largest absolute Gasteiger partial charge is 0.357 e. The van der Waals surface area contributed by atoms with E-state index in [4.69, 9.17) is 28.7 Å². The van der Waals surface area contributed by atoms with Crippen molar-refractivity contribution in [2.75, 3.05) is 61.7 Å². The fraction of sp³-hybridized carbons (Fsp3) is 1.00. The van der Waals surface area contributed by atoms with Gasteiger partial charge >= 0.3 is 0 Å². The maximum atomic E-state index is 5.34. The standard InChI is InChI=1S/C9H21N3O6/c1-13-7-16-10-4-11(17-8-14-2)6-12(5-10)18-9-15-3/h4-9H2,1-3H3. The zero-order chi connectivity index (χ0) is 13.2. The first-order valence-corrected chi connectivity index (χ1v) is 5.40. The van der Waals surface area contributed by atoms with Gasteiger partial charge in [-0.3, -0.25) is 14.5 Å². The molecule has 1 saturated heterocycles. The fourth-order valence-electron chi connectivity index (χ4n) is 1.29. The van der Waals surface area contributed by atoms with Gasteiger partial charge in [-0.2, -0.15) is 15.2 Å². The Labute approximate surface area is 106 Å². The topological polar surface area (TPSA) is 65.1 Å². The first-order valence-electron chi connectivity index (χ1n) is 5.40. The van der Waals surface area contributed by atoms with Gasteiger partial charge in [-0.05, 0) is 0 Å². The van der Waals surface area contributed by atoms with Crippen LogP contribution >= 0.6 is 0 Å². The first-order chi connectivity index (χ1) is 8.80. The molecule has 0 saturated carbocycles. The smallest absolute Gasteiger partial charge is 0.166 e. The average molecular weight is 267 g/mol. The summed E-state index contributed by atoms with van der Waals surface area (Å²) < 4.78 is 14.5. The van der Waals surface area contributed by atoms with Gasteiger partial charge in [-0.15, -0.1) is 0 Å². The molecule has 0 radical (unpaired) electrons. The highest BCUT2D eigenvalue weighted by Gasteiger charge is 2.25. The third kappa shape index (κ3) is 6.00. The van der Waals surface area contributed by atoms with Crippen molar-refractivity contribution in [1.82, 2.24) is 15.2 Å². The highest BCUT2D eigenvalue weighted by molar-refractivity contribution is 4.51. The second-order valence-electron chi connectivity index (χ2n) is 3.48. The summed E-state index contributed by atoms with van der Waals surface area (Å²) in [5.41, 5.74) is 0. The lowest BCUT2D eigenvalue weighted by Crippen LogP contribution is -2.54. The summed E-state index contributed by atoms with van der Waals surface area (Å²) in [7, 11) is 4.67. The van der Waals surface area contributed by atoms with Crippen molar-refractivity contribution in [3.05, 3.63) is 0 Å².